The number of carbonyl (C=O) groups is 1. The number of halogens is 3. The lowest BCUT2D eigenvalue weighted by Gasteiger charge is -2.34. The number of hydrogen-bond donors (Lipinski definition) is 1. The molecule has 9 heteroatoms. The van der Waals surface area contributed by atoms with E-state index in [9.17, 15) is 23.1 Å². The van der Waals surface area contributed by atoms with Crippen LogP contribution in [0.4, 0.5) is 18.9 Å². The van der Waals surface area contributed by atoms with Gasteiger partial charge >= 0.3 is 6.61 Å². The van der Waals surface area contributed by atoms with E-state index in [4.69, 9.17) is 4.74 Å². The predicted octanol–water partition coefficient (Wildman–Crippen LogP) is 3.57. The Morgan fingerprint density at radius 2 is 1.94 bits per heavy atom. The number of carbonyl (C=O) groups excluding carboxylic acids is 1. The Hall–Kier alpha value is -2.94. The van der Waals surface area contributed by atoms with E-state index in [2.05, 4.69) is 4.74 Å². The third kappa shape index (κ3) is 5.64. The molecular weight excluding hydrogens is 425 g/mol. The summed E-state index contributed by atoms with van der Waals surface area (Å²) in [6.45, 7) is -2.19. The molecule has 1 fully saturated rings. The highest BCUT2D eigenvalue weighted by Gasteiger charge is 2.34. The number of amides is 1. The molecule has 1 aliphatic carbocycles. The fourth-order valence-corrected chi connectivity index (χ4v) is 3.90. The lowest BCUT2D eigenvalue weighted by molar-refractivity contribution is -0.132. The Balaban J connectivity index is 1.50. The minimum atomic E-state index is -2.94. The van der Waals surface area contributed by atoms with Crippen molar-refractivity contribution < 1.29 is 32.5 Å². The van der Waals surface area contributed by atoms with Crippen LogP contribution in [0.1, 0.15) is 24.8 Å². The summed E-state index contributed by atoms with van der Waals surface area (Å²) in [6, 6.07) is 10.5. The van der Waals surface area contributed by atoms with Gasteiger partial charge in [0.2, 0.25) is 5.91 Å². The molecule has 1 N–H and O–H groups in total. The van der Waals surface area contributed by atoms with Gasteiger partial charge in [0.25, 0.3) is 0 Å². The normalized spacial score (nSPS) is 17.6. The zero-order valence-corrected chi connectivity index (χ0v) is 17.4. The largest absolute Gasteiger partial charge is 0.491 e. The van der Waals surface area contributed by atoms with Gasteiger partial charge in [-0.15, -0.1) is 0 Å². The standard InChI is InChI=1S/C23H25F3N2O4/c24-16-2-1-3-19(11-16)31-14-18(29)13-27-9-8-22(30)28(17-4-5-17)12-15-10-20(32-23(25)26)6-7-21(15)27/h1-3,6-7,10-11,17-18,23,29H,4-5,8-9,12-14H2/t18-/m1/s1. The van der Waals surface area contributed by atoms with Crippen molar-refractivity contribution >= 4 is 11.6 Å². The van der Waals surface area contributed by atoms with Crippen LogP contribution in [0.2, 0.25) is 0 Å². The van der Waals surface area contributed by atoms with E-state index < -0.39 is 18.5 Å². The molecule has 0 bridgehead atoms. The number of anilines is 1. The minimum Gasteiger partial charge on any atom is -0.491 e. The van der Waals surface area contributed by atoms with Gasteiger partial charge in [-0.3, -0.25) is 4.79 Å². The smallest absolute Gasteiger partial charge is 0.387 e. The van der Waals surface area contributed by atoms with Crippen LogP contribution in [0.25, 0.3) is 0 Å². The fourth-order valence-electron chi connectivity index (χ4n) is 3.90. The maximum atomic E-state index is 13.3. The van der Waals surface area contributed by atoms with Crippen LogP contribution in [-0.4, -0.2) is 54.4 Å². The van der Waals surface area contributed by atoms with E-state index in [0.29, 0.717) is 24.4 Å². The molecule has 2 aromatic rings. The number of aliphatic hydroxyl groups is 1. The molecule has 1 atom stereocenters. The topological polar surface area (TPSA) is 62.2 Å². The zero-order chi connectivity index (χ0) is 22.7. The molecular formula is C23H25F3N2O4. The van der Waals surface area contributed by atoms with Gasteiger partial charge in [0.15, 0.2) is 0 Å². The van der Waals surface area contributed by atoms with Gasteiger partial charge in [-0.1, -0.05) is 6.07 Å². The van der Waals surface area contributed by atoms with Crippen LogP contribution >= 0.6 is 0 Å². The van der Waals surface area contributed by atoms with Crippen LogP contribution in [-0.2, 0) is 11.3 Å². The van der Waals surface area contributed by atoms with E-state index >= 15 is 0 Å². The summed E-state index contributed by atoms with van der Waals surface area (Å²) >= 11 is 0. The first-order chi connectivity index (χ1) is 15.4. The van der Waals surface area contributed by atoms with Gasteiger partial charge in [-0.05, 0) is 48.7 Å². The van der Waals surface area contributed by atoms with Crippen molar-refractivity contribution in [2.24, 2.45) is 0 Å². The van der Waals surface area contributed by atoms with E-state index in [1.165, 1.54) is 30.3 Å². The van der Waals surface area contributed by atoms with Crippen molar-refractivity contribution in [3.05, 3.63) is 53.8 Å². The summed E-state index contributed by atoms with van der Waals surface area (Å²) in [4.78, 5) is 16.4. The number of alkyl halides is 2. The fraction of sp³-hybridized carbons (Fsp3) is 0.435. The molecule has 0 saturated heterocycles. The first-order valence-corrected chi connectivity index (χ1v) is 10.6. The summed E-state index contributed by atoms with van der Waals surface area (Å²) in [6.07, 6.45) is 1.24. The molecule has 1 amide bonds. The average molecular weight is 450 g/mol. The number of benzene rings is 2. The Bertz CT molecular complexity index is 955. The van der Waals surface area contributed by atoms with Crippen molar-refractivity contribution in [2.75, 3.05) is 24.6 Å². The highest BCUT2D eigenvalue weighted by molar-refractivity contribution is 5.79. The predicted molar refractivity (Wildman–Crippen MR) is 111 cm³/mol. The van der Waals surface area contributed by atoms with Gasteiger partial charge < -0.3 is 24.4 Å². The Labute approximate surface area is 184 Å². The molecule has 1 aliphatic heterocycles. The number of ether oxygens (including phenoxy) is 2. The molecule has 1 saturated carbocycles. The van der Waals surface area contributed by atoms with Crippen LogP contribution in [0.15, 0.2) is 42.5 Å². The Kier molecular flexibility index (Phi) is 6.74. The zero-order valence-electron chi connectivity index (χ0n) is 17.4. The van der Waals surface area contributed by atoms with E-state index in [0.717, 1.165) is 18.5 Å². The highest BCUT2D eigenvalue weighted by Crippen LogP contribution is 2.35. The number of β-amino-alcohol motifs (C(OH)–C–C–N with tert-alkyl or cyclic N) is 1. The first-order valence-electron chi connectivity index (χ1n) is 10.6. The lowest BCUT2D eigenvalue weighted by Crippen LogP contribution is -2.42. The molecule has 172 valence electrons. The second kappa shape index (κ2) is 9.68. The molecule has 0 aromatic heterocycles. The minimum absolute atomic E-state index is 0.00571. The number of hydrogen-bond acceptors (Lipinski definition) is 5. The quantitative estimate of drug-likeness (QED) is 0.667. The van der Waals surface area contributed by atoms with Crippen molar-refractivity contribution in [1.82, 2.24) is 4.90 Å². The molecule has 6 nitrogen and oxygen atoms in total. The third-order valence-electron chi connectivity index (χ3n) is 5.53. The molecule has 0 radical (unpaired) electrons. The Morgan fingerprint density at radius 1 is 1.12 bits per heavy atom. The van der Waals surface area contributed by atoms with Gasteiger partial charge in [-0.2, -0.15) is 8.78 Å². The van der Waals surface area contributed by atoms with Gasteiger partial charge in [0.05, 0.1) is 0 Å². The van der Waals surface area contributed by atoms with Gasteiger partial charge in [-0.25, -0.2) is 4.39 Å². The van der Waals surface area contributed by atoms with Crippen molar-refractivity contribution in [3.8, 4) is 11.5 Å². The lowest BCUT2D eigenvalue weighted by atomic mass is 10.1. The molecule has 4 rings (SSSR count). The molecule has 2 aromatic carbocycles. The van der Waals surface area contributed by atoms with Crippen LogP contribution in [0.5, 0.6) is 11.5 Å². The highest BCUT2D eigenvalue weighted by atomic mass is 19.3. The SMILES string of the molecule is O=C1CCN(C[C@@H](O)COc2cccc(F)c2)c2ccc(OC(F)F)cc2CN1C1CC1. The van der Waals surface area contributed by atoms with Gasteiger partial charge in [0.1, 0.15) is 30.0 Å². The second-order valence-electron chi connectivity index (χ2n) is 8.04. The first kappa shape index (κ1) is 22.3. The van der Waals surface area contributed by atoms with Crippen LogP contribution in [0, 0.1) is 5.82 Å². The number of nitrogens with zero attached hydrogens (tertiary/aromatic N) is 2. The summed E-state index contributed by atoms with van der Waals surface area (Å²) in [7, 11) is 0. The van der Waals surface area contributed by atoms with E-state index in [1.54, 1.807) is 17.0 Å². The maximum absolute atomic E-state index is 13.3. The molecule has 0 unspecified atom stereocenters. The van der Waals surface area contributed by atoms with Crippen LogP contribution < -0.4 is 14.4 Å². The van der Waals surface area contributed by atoms with Crippen molar-refractivity contribution in [2.45, 2.75) is 44.6 Å². The number of aliphatic hydroxyl groups excluding tert-OH is 1. The maximum Gasteiger partial charge on any atom is 0.387 e. The van der Waals surface area contributed by atoms with Gasteiger partial charge in [0, 0.05) is 43.9 Å². The summed E-state index contributed by atoms with van der Waals surface area (Å²) in [5.41, 5.74) is 1.43. The van der Waals surface area contributed by atoms with E-state index in [-0.39, 0.29) is 37.3 Å². The number of fused-ring (bicyclic) bond motifs is 1. The molecule has 2 aliphatic rings. The summed E-state index contributed by atoms with van der Waals surface area (Å²) in [5, 5.41) is 10.5. The summed E-state index contributed by atoms with van der Waals surface area (Å²) in [5.74, 6) is -0.109. The van der Waals surface area contributed by atoms with E-state index in [1.807, 2.05) is 4.90 Å². The van der Waals surface area contributed by atoms with Crippen LogP contribution in [0.3, 0.4) is 0 Å². The molecule has 1 heterocycles. The molecule has 0 spiro atoms. The number of rotatable bonds is 8. The van der Waals surface area contributed by atoms with Crippen molar-refractivity contribution in [3.63, 3.8) is 0 Å². The second-order valence-corrected chi connectivity index (χ2v) is 8.04. The average Bonchev–Trinajstić information content (AvgIpc) is 3.57. The third-order valence-corrected chi connectivity index (χ3v) is 5.53. The monoisotopic (exact) mass is 450 g/mol. The Morgan fingerprint density at radius 3 is 2.66 bits per heavy atom. The molecule has 32 heavy (non-hydrogen) atoms. The summed E-state index contributed by atoms with van der Waals surface area (Å²) < 4.78 is 48.8. The van der Waals surface area contributed by atoms with Crippen molar-refractivity contribution in [1.29, 1.82) is 0 Å².